The summed E-state index contributed by atoms with van der Waals surface area (Å²) < 4.78 is 23.4. The molecule has 3 heterocycles. The van der Waals surface area contributed by atoms with Crippen LogP contribution in [0.3, 0.4) is 0 Å². The summed E-state index contributed by atoms with van der Waals surface area (Å²) in [6.07, 6.45) is 4.85. The minimum absolute atomic E-state index is 0.162. The van der Waals surface area contributed by atoms with Crippen LogP contribution in [0.1, 0.15) is 34.7 Å². The van der Waals surface area contributed by atoms with E-state index < -0.39 is 15.7 Å². The molecule has 1 aliphatic rings. The van der Waals surface area contributed by atoms with Crippen molar-refractivity contribution in [3.8, 4) is 10.4 Å². The molecule has 1 saturated heterocycles. The molecule has 25 heavy (non-hydrogen) atoms. The lowest BCUT2D eigenvalue weighted by atomic mass is 9.91. The van der Waals surface area contributed by atoms with E-state index in [1.807, 2.05) is 12.3 Å². The van der Waals surface area contributed by atoms with Gasteiger partial charge in [-0.25, -0.2) is 8.42 Å². The molecule has 0 unspecified atom stereocenters. The normalized spacial score (nSPS) is 17.8. The predicted octanol–water partition coefficient (Wildman–Crippen LogP) is 2.68. The van der Waals surface area contributed by atoms with Crippen LogP contribution in [0.4, 0.5) is 0 Å². The number of primary amides is 1. The predicted molar refractivity (Wildman–Crippen MR) is 98.6 cm³/mol. The van der Waals surface area contributed by atoms with E-state index in [1.54, 1.807) is 17.8 Å². The van der Waals surface area contributed by atoms with Crippen molar-refractivity contribution in [2.45, 2.75) is 18.8 Å². The molecule has 0 spiro atoms. The number of fused-ring (bicyclic) bond motifs is 1. The highest BCUT2D eigenvalue weighted by Crippen LogP contribution is 2.37. The Morgan fingerprint density at radius 1 is 1.28 bits per heavy atom. The lowest BCUT2D eigenvalue weighted by Crippen LogP contribution is -2.22. The van der Waals surface area contributed by atoms with Gasteiger partial charge in [-0.05, 0) is 42.0 Å². The van der Waals surface area contributed by atoms with Gasteiger partial charge in [0.2, 0.25) is 0 Å². The first kappa shape index (κ1) is 16.3. The molecule has 3 N–H and O–H groups in total. The van der Waals surface area contributed by atoms with Crippen molar-refractivity contribution >= 4 is 38.0 Å². The molecule has 1 fully saturated rings. The summed E-state index contributed by atoms with van der Waals surface area (Å²) in [5.74, 6) is 0.0917. The van der Waals surface area contributed by atoms with E-state index in [4.69, 9.17) is 5.73 Å². The second-order valence-corrected chi connectivity index (χ2v) is 9.54. The molecule has 2 aromatic heterocycles. The van der Waals surface area contributed by atoms with Crippen LogP contribution in [0.15, 0.2) is 30.0 Å². The molecule has 3 aromatic rings. The number of H-pyrrole nitrogens is 1. The number of carbonyl (C=O) groups excluding carboxylic acids is 1. The van der Waals surface area contributed by atoms with Gasteiger partial charge in [-0.15, -0.1) is 11.3 Å². The number of nitrogens with one attached hydrogen (secondary N) is 1. The highest BCUT2D eigenvalue weighted by Gasteiger charge is 2.27. The van der Waals surface area contributed by atoms with E-state index >= 15 is 0 Å². The van der Waals surface area contributed by atoms with Crippen LogP contribution in [0.2, 0.25) is 0 Å². The Morgan fingerprint density at radius 3 is 2.68 bits per heavy atom. The molecular weight excluding hydrogens is 358 g/mol. The van der Waals surface area contributed by atoms with E-state index in [0.29, 0.717) is 23.9 Å². The fourth-order valence-corrected chi connectivity index (χ4v) is 5.59. The molecule has 1 aliphatic heterocycles. The molecule has 130 valence electrons. The number of aromatic amines is 1. The zero-order chi connectivity index (χ0) is 17.6. The maximum absolute atomic E-state index is 11.9. The van der Waals surface area contributed by atoms with Crippen molar-refractivity contribution in [1.82, 2.24) is 9.97 Å². The number of hydrogen-bond donors (Lipinski definition) is 2. The van der Waals surface area contributed by atoms with Crippen molar-refractivity contribution in [1.29, 1.82) is 0 Å². The highest BCUT2D eigenvalue weighted by atomic mass is 32.2. The monoisotopic (exact) mass is 375 g/mol. The van der Waals surface area contributed by atoms with Gasteiger partial charge >= 0.3 is 0 Å². The molecule has 8 heteroatoms. The van der Waals surface area contributed by atoms with Gasteiger partial charge in [-0.2, -0.15) is 0 Å². The third kappa shape index (κ3) is 2.96. The molecular formula is C17H17N3O3S2. The summed E-state index contributed by atoms with van der Waals surface area (Å²) in [7, 11) is -2.92. The van der Waals surface area contributed by atoms with Crippen molar-refractivity contribution in [2.75, 3.05) is 11.5 Å². The molecule has 0 radical (unpaired) electrons. The lowest BCUT2D eigenvalue weighted by molar-refractivity contribution is 0.100. The number of hydrogen-bond acceptors (Lipinski definition) is 5. The van der Waals surface area contributed by atoms with E-state index in [9.17, 15) is 13.2 Å². The van der Waals surface area contributed by atoms with Crippen LogP contribution >= 0.6 is 11.3 Å². The van der Waals surface area contributed by atoms with Gasteiger partial charge in [0.15, 0.2) is 0 Å². The molecule has 0 bridgehead atoms. The third-order valence-corrected chi connectivity index (χ3v) is 7.34. The van der Waals surface area contributed by atoms with Crippen LogP contribution in [-0.2, 0) is 9.84 Å². The quantitative estimate of drug-likeness (QED) is 0.734. The summed E-state index contributed by atoms with van der Waals surface area (Å²) in [6, 6.07) is 3.81. The van der Waals surface area contributed by atoms with Gasteiger partial charge in [0, 0.05) is 17.8 Å². The Kier molecular flexibility index (Phi) is 3.88. The molecule has 0 atom stereocenters. The summed E-state index contributed by atoms with van der Waals surface area (Å²) in [4.78, 5) is 20.1. The number of rotatable bonds is 3. The minimum Gasteiger partial charge on any atom is -0.366 e. The zero-order valence-electron chi connectivity index (χ0n) is 13.4. The largest absolute Gasteiger partial charge is 0.366 e. The Labute approximate surface area is 149 Å². The van der Waals surface area contributed by atoms with Gasteiger partial charge in [-0.1, -0.05) is 0 Å². The standard InChI is InChI=1S/C17H17N3O3S2/c18-17(21)13-6-11(15-8-19-9-24-15)5-12-14(7-20-16(12)13)10-1-3-25(22,23)4-2-10/h5-10,20H,1-4H2,(H2,18,21). The number of nitrogens with zero attached hydrogens (tertiary/aromatic N) is 1. The lowest BCUT2D eigenvalue weighted by Gasteiger charge is -2.21. The van der Waals surface area contributed by atoms with Crippen molar-refractivity contribution in [2.24, 2.45) is 5.73 Å². The molecule has 0 saturated carbocycles. The van der Waals surface area contributed by atoms with Gasteiger partial charge in [-0.3, -0.25) is 9.78 Å². The minimum atomic E-state index is -2.92. The molecule has 0 aliphatic carbocycles. The highest BCUT2D eigenvalue weighted by molar-refractivity contribution is 7.91. The van der Waals surface area contributed by atoms with Crippen LogP contribution in [0.25, 0.3) is 21.3 Å². The second kappa shape index (κ2) is 5.96. The summed E-state index contributed by atoms with van der Waals surface area (Å²) in [5.41, 5.74) is 10.4. The first-order chi connectivity index (χ1) is 11.9. The van der Waals surface area contributed by atoms with E-state index in [0.717, 1.165) is 21.4 Å². The summed E-state index contributed by atoms with van der Waals surface area (Å²) in [6.45, 7) is 0. The van der Waals surface area contributed by atoms with Gasteiger partial charge in [0.1, 0.15) is 9.84 Å². The van der Waals surface area contributed by atoms with Crippen LogP contribution in [0, 0.1) is 0 Å². The zero-order valence-corrected chi connectivity index (χ0v) is 15.0. The van der Waals surface area contributed by atoms with Gasteiger partial charge in [0.25, 0.3) is 5.91 Å². The van der Waals surface area contributed by atoms with Crippen LogP contribution in [-0.4, -0.2) is 35.8 Å². The second-order valence-electron chi connectivity index (χ2n) is 6.35. The first-order valence-corrected chi connectivity index (χ1v) is 10.7. The third-order valence-electron chi connectivity index (χ3n) is 4.80. The Balaban J connectivity index is 1.85. The van der Waals surface area contributed by atoms with Crippen molar-refractivity contribution in [3.63, 3.8) is 0 Å². The fraction of sp³-hybridized carbons (Fsp3) is 0.294. The van der Waals surface area contributed by atoms with Crippen molar-refractivity contribution < 1.29 is 13.2 Å². The van der Waals surface area contributed by atoms with Gasteiger partial charge in [0.05, 0.1) is 33.0 Å². The van der Waals surface area contributed by atoms with Crippen LogP contribution in [0.5, 0.6) is 0 Å². The molecule has 6 nitrogen and oxygen atoms in total. The van der Waals surface area contributed by atoms with E-state index in [1.165, 1.54) is 11.3 Å². The fourth-order valence-electron chi connectivity index (χ4n) is 3.49. The smallest absolute Gasteiger partial charge is 0.250 e. The van der Waals surface area contributed by atoms with Crippen LogP contribution < -0.4 is 5.73 Å². The number of aromatic nitrogens is 2. The summed E-state index contributed by atoms with van der Waals surface area (Å²) >= 11 is 1.50. The number of carbonyl (C=O) groups is 1. The van der Waals surface area contributed by atoms with E-state index in [-0.39, 0.29) is 17.4 Å². The Hall–Kier alpha value is -2.19. The number of benzene rings is 1. The maximum atomic E-state index is 11.9. The number of thiazole rings is 1. The van der Waals surface area contributed by atoms with Gasteiger partial charge < -0.3 is 10.7 Å². The summed E-state index contributed by atoms with van der Waals surface area (Å²) in [5, 5.41) is 0.934. The molecule has 4 rings (SSSR count). The molecule has 1 aromatic carbocycles. The number of sulfone groups is 1. The average Bonchev–Trinajstić information content (AvgIpc) is 3.23. The topological polar surface area (TPSA) is 106 Å². The maximum Gasteiger partial charge on any atom is 0.250 e. The molecule has 1 amide bonds. The SMILES string of the molecule is NC(=O)c1cc(-c2cncs2)cc2c(C3CCS(=O)(=O)CC3)c[nH]c12. The Bertz CT molecular complexity index is 1040. The Morgan fingerprint density at radius 2 is 2.04 bits per heavy atom. The first-order valence-electron chi connectivity index (χ1n) is 7.99. The average molecular weight is 375 g/mol. The van der Waals surface area contributed by atoms with Crippen molar-refractivity contribution in [3.05, 3.63) is 41.2 Å². The number of amides is 1. The number of nitrogens with two attached hydrogens (primary N) is 1. The van der Waals surface area contributed by atoms with E-state index in [2.05, 4.69) is 9.97 Å².